The SMILES string of the molecule is CC(C)(C)C(OC(N)=O)C(=CF)Cn1ncn(-c2c(F)cc(Br)cc2F)c1=O. The highest BCUT2D eigenvalue weighted by atomic mass is 79.9. The standard InChI is InChI=1S/C17H18BrF3N4O3/c1-17(2,3)14(28-15(22)26)9(6-19)7-25-16(27)24(8-23-25)13-11(20)4-10(18)5-12(13)21/h4-6,8,14H,7H2,1-3H3,(H2,22,26). The molecule has 1 aromatic carbocycles. The van der Waals surface area contributed by atoms with Crippen molar-refractivity contribution in [1.82, 2.24) is 14.3 Å². The van der Waals surface area contributed by atoms with E-state index >= 15 is 0 Å². The molecule has 0 spiro atoms. The Kier molecular flexibility index (Phi) is 6.37. The lowest BCUT2D eigenvalue weighted by molar-refractivity contribution is 0.0566. The van der Waals surface area contributed by atoms with Gasteiger partial charge in [-0.25, -0.2) is 32.0 Å². The summed E-state index contributed by atoms with van der Waals surface area (Å²) in [6, 6.07) is 1.98. The Morgan fingerprint density at radius 3 is 2.39 bits per heavy atom. The molecule has 0 saturated carbocycles. The number of hydrogen-bond acceptors (Lipinski definition) is 4. The van der Waals surface area contributed by atoms with E-state index in [-0.39, 0.29) is 16.4 Å². The van der Waals surface area contributed by atoms with Gasteiger partial charge in [0.15, 0.2) is 11.6 Å². The van der Waals surface area contributed by atoms with Crippen molar-refractivity contribution in [2.75, 3.05) is 0 Å². The maximum Gasteiger partial charge on any atom is 0.405 e. The number of benzene rings is 1. The van der Waals surface area contributed by atoms with Gasteiger partial charge in [0.25, 0.3) is 0 Å². The van der Waals surface area contributed by atoms with Crippen LogP contribution in [0.15, 0.2) is 39.6 Å². The fourth-order valence-corrected chi connectivity index (χ4v) is 3.04. The molecular formula is C17H18BrF3N4O3. The monoisotopic (exact) mass is 462 g/mol. The van der Waals surface area contributed by atoms with Crippen molar-refractivity contribution in [1.29, 1.82) is 0 Å². The van der Waals surface area contributed by atoms with Crippen molar-refractivity contribution in [2.45, 2.75) is 33.4 Å². The van der Waals surface area contributed by atoms with Gasteiger partial charge in [-0.2, -0.15) is 5.10 Å². The van der Waals surface area contributed by atoms with E-state index in [1.165, 1.54) is 0 Å². The Labute approximate surface area is 166 Å². The average molecular weight is 463 g/mol. The molecule has 1 unspecified atom stereocenters. The fraction of sp³-hybridized carbons (Fsp3) is 0.353. The van der Waals surface area contributed by atoms with Crippen LogP contribution in [0.25, 0.3) is 5.69 Å². The predicted molar refractivity (Wildman–Crippen MR) is 98.5 cm³/mol. The Morgan fingerprint density at radius 2 is 1.93 bits per heavy atom. The van der Waals surface area contributed by atoms with Crippen LogP contribution in [0, 0.1) is 17.0 Å². The lowest BCUT2D eigenvalue weighted by Crippen LogP contribution is -2.38. The molecule has 0 fully saturated rings. The van der Waals surface area contributed by atoms with Gasteiger partial charge >= 0.3 is 11.8 Å². The first-order valence-corrected chi connectivity index (χ1v) is 8.79. The minimum atomic E-state index is -1.11. The normalized spacial score (nSPS) is 13.5. The van der Waals surface area contributed by atoms with Crippen LogP contribution in [0.1, 0.15) is 20.8 Å². The first-order chi connectivity index (χ1) is 13.0. The molecule has 0 radical (unpaired) electrons. The van der Waals surface area contributed by atoms with Gasteiger partial charge in [0.1, 0.15) is 18.1 Å². The third-order valence-electron chi connectivity index (χ3n) is 3.79. The third-order valence-corrected chi connectivity index (χ3v) is 4.24. The van der Waals surface area contributed by atoms with Crippen LogP contribution in [0.4, 0.5) is 18.0 Å². The van der Waals surface area contributed by atoms with E-state index in [4.69, 9.17) is 10.5 Å². The maximum atomic E-state index is 14.1. The average Bonchev–Trinajstić information content (AvgIpc) is 2.89. The zero-order valence-electron chi connectivity index (χ0n) is 15.2. The van der Waals surface area contributed by atoms with E-state index in [0.717, 1.165) is 23.1 Å². The van der Waals surface area contributed by atoms with Crippen molar-refractivity contribution in [3.05, 3.63) is 57.0 Å². The molecule has 0 aliphatic carbocycles. The number of carbonyl (C=O) groups excluding carboxylic acids is 1. The zero-order chi connectivity index (χ0) is 21.2. The Hall–Kier alpha value is -2.56. The zero-order valence-corrected chi connectivity index (χ0v) is 16.8. The van der Waals surface area contributed by atoms with E-state index in [2.05, 4.69) is 21.0 Å². The van der Waals surface area contributed by atoms with E-state index in [0.29, 0.717) is 4.57 Å². The van der Waals surface area contributed by atoms with Gasteiger partial charge in [0, 0.05) is 15.5 Å². The lowest BCUT2D eigenvalue weighted by Gasteiger charge is -2.31. The summed E-state index contributed by atoms with van der Waals surface area (Å²) < 4.78 is 48.4. The van der Waals surface area contributed by atoms with Crippen LogP contribution < -0.4 is 11.4 Å². The van der Waals surface area contributed by atoms with Crippen molar-refractivity contribution < 1.29 is 22.7 Å². The summed E-state index contributed by atoms with van der Waals surface area (Å²) in [5.41, 5.74) is 2.67. The number of aromatic nitrogens is 3. The largest absolute Gasteiger partial charge is 0.441 e. The Morgan fingerprint density at radius 1 is 1.36 bits per heavy atom. The number of primary amides is 1. The third kappa shape index (κ3) is 4.64. The molecule has 1 heterocycles. The molecule has 0 aliphatic heterocycles. The van der Waals surface area contributed by atoms with Crippen molar-refractivity contribution >= 4 is 22.0 Å². The number of nitrogens with zero attached hydrogens (tertiary/aromatic N) is 3. The molecule has 2 rings (SSSR count). The molecule has 1 amide bonds. The summed E-state index contributed by atoms with van der Waals surface area (Å²) in [5, 5.41) is 3.77. The van der Waals surface area contributed by atoms with Gasteiger partial charge in [0.2, 0.25) is 0 Å². The van der Waals surface area contributed by atoms with Crippen molar-refractivity contribution in [3.63, 3.8) is 0 Å². The Balaban J connectivity index is 2.43. The molecule has 7 nitrogen and oxygen atoms in total. The first-order valence-electron chi connectivity index (χ1n) is 8.00. The van der Waals surface area contributed by atoms with Crippen LogP contribution in [-0.4, -0.2) is 26.5 Å². The predicted octanol–water partition coefficient (Wildman–Crippen LogP) is 3.44. The van der Waals surface area contributed by atoms with Gasteiger partial charge in [-0.15, -0.1) is 0 Å². The van der Waals surface area contributed by atoms with E-state index < -0.39 is 47.2 Å². The maximum absolute atomic E-state index is 14.1. The molecule has 0 saturated heterocycles. The molecule has 2 N–H and O–H groups in total. The fourth-order valence-electron chi connectivity index (χ4n) is 2.64. The number of rotatable bonds is 5. The molecule has 0 aliphatic rings. The first kappa shape index (κ1) is 21.7. The van der Waals surface area contributed by atoms with Crippen LogP contribution in [-0.2, 0) is 11.3 Å². The topological polar surface area (TPSA) is 92.1 Å². The molecule has 1 atom stereocenters. The van der Waals surface area contributed by atoms with Gasteiger partial charge in [-0.05, 0) is 12.1 Å². The second-order valence-corrected chi connectivity index (χ2v) is 7.94. The highest BCUT2D eigenvalue weighted by Crippen LogP contribution is 2.29. The summed E-state index contributed by atoms with van der Waals surface area (Å²) in [4.78, 5) is 23.7. The molecule has 1 aromatic heterocycles. The summed E-state index contributed by atoms with van der Waals surface area (Å²) >= 11 is 2.95. The molecule has 0 bridgehead atoms. The van der Waals surface area contributed by atoms with Gasteiger partial charge in [0.05, 0.1) is 12.9 Å². The lowest BCUT2D eigenvalue weighted by atomic mass is 9.84. The Bertz CT molecular complexity index is 956. The van der Waals surface area contributed by atoms with E-state index in [1.807, 2.05) is 0 Å². The molecule has 11 heteroatoms. The molecule has 2 aromatic rings. The van der Waals surface area contributed by atoms with Gasteiger partial charge in [-0.3, -0.25) is 0 Å². The number of carbonyl (C=O) groups is 1. The summed E-state index contributed by atoms with van der Waals surface area (Å²) in [6.07, 6.45) is -1.11. The van der Waals surface area contributed by atoms with E-state index in [1.54, 1.807) is 20.8 Å². The number of amides is 1. The van der Waals surface area contributed by atoms with Crippen LogP contribution in [0.5, 0.6) is 0 Å². The summed E-state index contributed by atoms with van der Waals surface area (Å²) in [7, 11) is 0. The van der Waals surface area contributed by atoms with Crippen LogP contribution in [0.3, 0.4) is 0 Å². The highest BCUT2D eigenvalue weighted by molar-refractivity contribution is 9.10. The van der Waals surface area contributed by atoms with Crippen molar-refractivity contribution in [2.24, 2.45) is 11.1 Å². The quantitative estimate of drug-likeness (QED) is 0.736. The number of hydrogen-bond donors (Lipinski definition) is 1. The second kappa shape index (κ2) is 8.21. The summed E-state index contributed by atoms with van der Waals surface area (Å²) in [5.74, 6) is -1.97. The molecular weight excluding hydrogens is 445 g/mol. The number of halogens is 4. The van der Waals surface area contributed by atoms with Crippen molar-refractivity contribution in [3.8, 4) is 5.69 Å². The number of ether oxygens (including phenoxy) is 1. The smallest absolute Gasteiger partial charge is 0.405 e. The minimum absolute atomic E-state index is 0.101. The highest BCUT2D eigenvalue weighted by Gasteiger charge is 2.32. The second-order valence-electron chi connectivity index (χ2n) is 7.03. The molecule has 28 heavy (non-hydrogen) atoms. The summed E-state index contributed by atoms with van der Waals surface area (Å²) in [6.45, 7) is 4.62. The minimum Gasteiger partial charge on any atom is -0.441 e. The van der Waals surface area contributed by atoms with Gasteiger partial charge < -0.3 is 10.5 Å². The van der Waals surface area contributed by atoms with E-state index in [9.17, 15) is 22.8 Å². The van der Waals surface area contributed by atoms with Gasteiger partial charge in [-0.1, -0.05) is 36.7 Å². The number of nitrogens with two attached hydrogens (primary N) is 1. The molecule has 152 valence electrons. The van der Waals surface area contributed by atoms with Crippen LogP contribution >= 0.6 is 15.9 Å². The van der Waals surface area contributed by atoms with Crippen LogP contribution in [0.2, 0.25) is 0 Å².